The molecule has 0 atom stereocenters. The maximum absolute atomic E-state index is 12.2. The van der Waals surface area contributed by atoms with Crippen molar-refractivity contribution in [3.05, 3.63) is 4.88 Å². The van der Waals surface area contributed by atoms with Gasteiger partial charge in [0.15, 0.2) is 15.6 Å². The van der Waals surface area contributed by atoms with E-state index in [0.29, 0.717) is 9.88 Å². The average molecular weight is 316 g/mol. The number of anilines is 2. The maximum Gasteiger partial charge on any atom is 0.183 e. The van der Waals surface area contributed by atoms with Gasteiger partial charge in [-0.3, -0.25) is 4.79 Å². The minimum Gasteiger partial charge on any atom is -0.396 e. The fourth-order valence-corrected chi connectivity index (χ4v) is 4.77. The van der Waals surface area contributed by atoms with Crippen LogP contribution in [-0.2, 0) is 9.84 Å². The van der Waals surface area contributed by atoms with Gasteiger partial charge < -0.3 is 11.1 Å². The molecule has 0 aliphatic heterocycles. The van der Waals surface area contributed by atoms with Crippen LogP contribution in [0.2, 0.25) is 0 Å². The van der Waals surface area contributed by atoms with Crippen molar-refractivity contribution in [2.75, 3.05) is 16.8 Å². The van der Waals surface area contributed by atoms with Gasteiger partial charge in [-0.25, -0.2) is 8.42 Å². The van der Waals surface area contributed by atoms with Gasteiger partial charge in [-0.05, 0) is 26.7 Å². The van der Waals surface area contributed by atoms with E-state index < -0.39 is 9.84 Å². The van der Waals surface area contributed by atoms with Crippen LogP contribution in [-0.4, -0.2) is 26.0 Å². The molecule has 0 unspecified atom stereocenters. The zero-order chi connectivity index (χ0) is 15.1. The minimum absolute atomic E-state index is 0.0168. The Labute approximate surface area is 123 Å². The standard InChI is InChI=1S/C13H20N2O3S2/c1-4-20(17,18)12-9(14)11(10(16)8-5-6-8)19-13(12)15-7(2)3/h7-8,15H,4-6,14H2,1-3H3. The smallest absolute Gasteiger partial charge is 0.183 e. The molecule has 1 fully saturated rings. The van der Waals surface area contributed by atoms with Crippen molar-refractivity contribution < 1.29 is 13.2 Å². The maximum atomic E-state index is 12.2. The predicted molar refractivity (Wildman–Crippen MR) is 82.3 cm³/mol. The third-order valence-electron chi connectivity index (χ3n) is 3.18. The number of Topliss-reactive ketones (excluding diaryl/α,β-unsaturated/α-hetero) is 1. The van der Waals surface area contributed by atoms with Crippen molar-refractivity contribution in [3.63, 3.8) is 0 Å². The molecule has 20 heavy (non-hydrogen) atoms. The fourth-order valence-electron chi connectivity index (χ4n) is 1.95. The Kier molecular flexibility index (Phi) is 4.11. The Morgan fingerprint density at radius 2 is 2.05 bits per heavy atom. The van der Waals surface area contributed by atoms with E-state index in [1.807, 2.05) is 13.8 Å². The van der Waals surface area contributed by atoms with E-state index in [1.165, 1.54) is 11.3 Å². The van der Waals surface area contributed by atoms with Crippen LogP contribution in [0.3, 0.4) is 0 Å². The second-order valence-electron chi connectivity index (χ2n) is 5.34. The molecule has 1 aliphatic rings. The molecule has 3 N–H and O–H groups in total. The van der Waals surface area contributed by atoms with Crippen molar-refractivity contribution in [2.45, 2.75) is 44.6 Å². The Morgan fingerprint density at radius 3 is 2.50 bits per heavy atom. The van der Waals surface area contributed by atoms with E-state index in [9.17, 15) is 13.2 Å². The van der Waals surface area contributed by atoms with E-state index in [4.69, 9.17) is 5.73 Å². The molecular weight excluding hydrogens is 296 g/mol. The first-order valence-electron chi connectivity index (χ1n) is 6.73. The lowest BCUT2D eigenvalue weighted by molar-refractivity contribution is 0.0972. The highest BCUT2D eigenvalue weighted by Crippen LogP contribution is 2.44. The second kappa shape index (κ2) is 5.37. The number of nitrogen functional groups attached to an aromatic ring is 1. The highest BCUT2D eigenvalue weighted by atomic mass is 32.2. The SMILES string of the molecule is CCS(=O)(=O)c1c(NC(C)C)sc(C(=O)C2CC2)c1N. The van der Waals surface area contributed by atoms with Crippen molar-refractivity contribution >= 4 is 37.6 Å². The van der Waals surface area contributed by atoms with Crippen LogP contribution in [0, 0.1) is 5.92 Å². The van der Waals surface area contributed by atoms with Crippen molar-refractivity contribution in [1.82, 2.24) is 0 Å². The van der Waals surface area contributed by atoms with Gasteiger partial charge in [0.05, 0.1) is 16.3 Å². The average Bonchev–Trinajstić information content (AvgIpc) is 3.13. The van der Waals surface area contributed by atoms with Crippen molar-refractivity contribution in [1.29, 1.82) is 0 Å². The van der Waals surface area contributed by atoms with Crippen LogP contribution in [0.25, 0.3) is 0 Å². The lowest BCUT2D eigenvalue weighted by Crippen LogP contribution is -2.13. The number of ketones is 1. The molecular formula is C13H20N2O3S2. The summed E-state index contributed by atoms with van der Waals surface area (Å²) < 4.78 is 24.4. The third kappa shape index (κ3) is 2.83. The first-order chi connectivity index (χ1) is 9.27. The Bertz CT molecular complexity index is 628. The van der Waals surface area contributed by atoms with Gasteiger partial charge in [-0.15, -0.1) is 11.3 Å². The van der Waals surface area contributed by atoms with Crippen LogP contribution in [0.5, 0.6) is 0 Å². The second-order valence-corrected chi connectivity index (χ2v) is 8.58. The summed E-state index contributed by atoms with van der Waals surface area (Å²) in [5.74, 6) is -0.0190. The summed E-state index contributed by atoms with van der Waals surface area (Å²) >= 11 is 1.17. The number of hydrogen-bond acceptors (Lipinski definition) is 6. The van der Waals surface area contributed by atoms with Crippen LogP contribution >= 0.6 is 11.3 Å². The number of carbonyl (C=O) groups is 1. The molecule has 7 heteroatoms. The molecule has 1 heterocycles. The lowest BCUT2D eigenvalue weighted by Gasteiger charge is -2.10. The molecule has 112 valence electrons. The molecule has 1 aliphatic carbocycles. The Morgan fingerprint density at radius 1 is 1.45 bits per heavy atom. The van der Waals surface area contributed by atoms with Crippen LogP contribution in [0.1, 0.15) is 43.3 Å². The molecule has 1 aromatic heterocycles. The van der Waals surface area contributed by atoms with E-state index in [2.05, 4.69) is 5.32 Å². The largest absolute Gasteiger partial charge is 0.396 e. The molecule has 0 amide bonds. The topological polar surface area (TPSA) is 89.3 Å². The minimum atomic E-state index is -3.45. The number of hydrogen-bond donors (Lipinski definition) is 2. The van der Waals surface area contributed by atoms with Gasteiger partial charge in [0, 0.05) is 12.0 Å². The van der Waals surface area contributed by atoms with Crippen LogP contribution in [0.15, 0.2) is 4.90 Å². The highest BCUT2D eigenvalue weighted by Gasteiger charge is 2.36. The number of sulfone groups is 1. The molecule has 1 aromatic rings. The number of nitrogens with one attached hydrogen (secondary N) is 1. The Hall–Kier alpha value is -1.08. The monoisotopic (exact) mass is 316 g/mol. The number of rotatable bonds is 6. The third-order valence-corrected chi connectivity index (χ3v) is 6.27. The molecule has 0 aromatic carbocycles. The van der Waals surface area contributed by atoms with E-state index in [0.717, 1.165) is 12.8 Å². The molecule has 0 bridgehead atoms. The normalized spacial score (nSPS) is 15.6. The molecule has 5 nitrogen and oxygen atoms in total. The van der Waals surface area contributed by atoms with Gasteiger partial charge in [0.1, 0.15) is 9.90 Å². The summed E-state index contributed by atoms with van der Waals surface area (Å²) in [6.45, 7) is 5.41. The lowest BCUT2D eigenvalue weighted by atomic mass is 10.2. The molecule has 0 radical (unpaired) electrons. The Balaban J connectivity index is 2.54. The first-order valence-corrected chi connectivity index (χ1v) is 9.20. The van der Waals surface area contributed by atoms with Gasteiger partial charge in [-0.2, -0.15) is 0 Å². The quantitative estimate of drug-likeness (QED) is 0.787. The van der Waals surface area contributed by atoms with Crippen molar-refractivity contribution in [2.24, 2.45) is 5.92 Å². The summed E-state index contributed by atoms with van der Waals surface area (Å²) in [5, 5.41) is 3.59. The van der Waals surface area contributed by atoms with Crippen LogP contribution < -0.4 is 11.1 Å². The van der Waals surface area contributed by atoms with E-state index >= 15 is 0 Å². The highest BCUT2D eigenvalue weighted by molar-refractivity contribution is 7.92. The fraction of sp³-hybridized carbons (Fsp3) is 0.615. The summed E-state index contributed by atoms with van der Waals surface area (Å²) in [4.78, 5) is 12.7. The van der Waals surface area contributed by atoms with Gasteiger partial charge in [-0.1, -0.05) is 6.92 Å². The summed E-state index contributed by atoms with van der Waals surface area (Å²) in [6.07, 6.45) is 1.75. The number of nitrogens with two attached hydrogens (primary N) is 1. The zero-order valence-electron chi connectivity index (χ0n) is 11.9. The molecule has 0 saturated heterocycles. The number of carbonyl (C=O) groups excluding carboxylic acids is 1. The molecule has 1 saturated carbocycles. The van der Waals surface area contributed by atoms with Crippen molar-refractivity contribution in [3.8, 4) is 0 Å². The van der Waals surface area contributed by atoms with Gasteiger partial charge in [0.25, 0.3) is 0 Å². The van der Waals surface area contributed by atoms with E-state index in [1.54, 1.807) is 6.92 Å². The number of thiophene rings is 1. The summed E-state index contributed by atoms with van der Waals surface area (Å²) in [6, 6.07) is 0.0720. The van der Waals surface area contributed by atoms with Crippen LogP contribution in [0.4, 0.5) is 10.7 Å². The first kappa shape index (κ1) is 15.3. The van der Waals surface area contributed by atoms with Gasteiger partial charge >= 0.3 is 0 Å². The summed E-state index contributed by atoms with van der Waals surface area (Å²) in [5.41, 5.74) is 6.10. The molecule has 0 spiro atoms. The van der Waals surface area contributed by atoms with E-state index in [-0.39, 0.29) is 34.1 Å². The molecule has 2 rings (SSSR count). The predicted octanol–water partition coefficient (Wildman–Crippen LogP) is 2.54. The van der Waals surface area contributed by atoms with Gasteiger partial charge in [0.2, 0.25) is 0 Å². The summed E-state index contributed by atoms with van der Waals surface area (Å²) in [7, 11) is -3.45. The zero-order valence-corrected chi connectivity index (χ0v) is 13.5.